The number of rotatable bonds is 4. The Bertz CT molecular complexity index is 763. The van der Waals surface area contributed by atoms with Crippen LogP contribution >= 0.6 is 0 Å². The van der Waals surface area contributed by atoms with E-state index in [9.17, 15) is 4.79 Å². The van der Waals surface area contributed by atoms with Crippen molar-refractivity contribution in [3.8, 4) is 0 Å². The van der Waals surface area contributed by atoms with Gasteiger partial charge in [0, 0.05) is 31.4 Å². The number of pyridine rings is 1. The summed E-state index contributed by atoms with van der Waals surface area (Å²) < 4.78 is 1.61. The Labute approximate surface area is 128 Å². The van der Waals surface area contributed by atoms with E-state index in [1.807, 2.05) is 24.3 Å². The monoisotopic (exact) mass is 292 g/mol. The van der Waals surface area contributed by atoms with Crippen molar-refractivity contribution < 1.29 is 4.79 Å². The maximum absolute atomic E-state index is 12.1. The lowest BCUT2D eigenvalue weighted by molar-refractivity contribution is 0.102. The molecule has 5 heteroatoms. The van der Waals surface area contributed by atoms with Gasteiger partial charge in [0.15, 0.2) is 0 Å². The average Bonchev–Trinajstić information content (AvgIpc) is 2.94. The average molecular weight is 292 g/mol. The lowest BCUT2D eigenvalue weighted by Crippen LogP contribution is -2.15. The lowest BCUT2D eigenvalue weighted by atomic mass is 10.1. The summed E-state index contributed by atoms with van der Waals surface area (Å²) in [4.78, 5) is 16.5. The number of hydrogen-bond acceptors (Lipinski definition) is 3. The van der Waals surface area contributed by atoms with Gasteiger partial charge in [0.1, 0.15) is 5.82 Å². The topological polar surface area (TPSA) is 59.8 Å². The van der Waals surface area contributed by atoms with Crippen molar-refractivity contribution in [3.05, 3.63) is 77.7 Å². The van der Waals surface area contributed by atoms with Gasteiger partial charge < -0.3 is 5.32 Å². The molecule has 0 radical (unpaired) electrons. The van der Waals surface area contributed by atoms with Crippen molar-refractivity contribution in [2.75, 3.05) is 5.32 Å². The molecule has 5 nitrogen and oxygen atoms in total. The predicted octanol–water partition coefficient (Wildman–Crippen LogP) is 2.66. The Hall–Kier alpha value is -2.95. The van der Waals surface area contributed by atoms with Crippen LogP contribution in [0.5, 0.6) is 0 Å². The molecule has 3 rings (SSSR count). The van der Waals surface area contributed by atoms with Crippen LogP contribution in [0.15, 0.2) is 60.9 Å². The van der Waals surface area contributed by atoms with E-state index in [0.717, 1.165) is 12.1 Å². The maximum atomic E-state index is 12.1. The Kier molecular flexibility index (Phi) is 3.96. The van der Waals surface area contributed by atoms with Crippen LogP contribution in [0.4, 0.5) is 5.82 Å². The number of amides is 1. The highest BCUT2D eigenvalue weighted by Crippen LogP contribution is 2.10. The van der Waals surface area contributed by atoms with Gasteiger partial charge in [-0.3, -0.25) is 14.5 Å². The van der Waals surface area contributed by atoms with Gasteiger partial charge in [0.05, 0.1) is 11.8 Å². The van der Waals surface area contributed by atoms with E-state index in [1.54, 1.807) is 36.3 Å². The third kappa shape index (κ3) is 3.20. The smallest absolute Gasteiger partial charge is 0.258 e. The summed E-state index contributed by atoms with van der Waals surface area (Å²) in [7, 11) is 1.77. The molecule has 2 aromatic heterocycles. The molecule has 0 saturated heterocycles. The standard InChI is InChI=1S/C17H16N4O/c1-21-16(9-10-19-21)20-17(22)14-7-8-15(18-12-14)11-13-5-3-2-4-6-13/h2-10,12H,11H2,1H3,(H,20,22). The molecule has 0 aliphatic heterocycles. The Morgan fingerprint density at radius 1 is 1.14 bits per heavy atom. The number of hydrogen-bond donors (Lipinski definition) is 1. The highest BCUT2D eigenvalue weighted by Gasteiger charge is 2.09. The molecular formula is C17H16N4O. The highest BCUT2D eigenvalue weighted by atomic mass is 16.1. The molecule has 0 unspecified atom stereocenters. The molecule has 110 valence electrons. The van der Waals surface area contributed by atoms with Gasteiger partial charge in [-0.05, 0) is 17.7 Å². The van der Waals surface area contributed by atoms with Gasteiger partial charge in [-0.25, -0.2) is 0 Å². The molecule has 1 aromatic carbocycles. The van der Waals surface area contributed by atoms with Crippen molar-refractivity contribution in [2.45, 2.75) is 6.42 Å². The fourth-order valence-corrected chi connectivity index (χ4v) is 2.15. The van der Waals surface area contributed by atoms with Gasteiger partial charge >= 0.3 is 0 Å². The quantitative estimate of drug-likeness (QED) is 0.804. The highest BCUT2D eigenvalue weighted by molar-refractivity contribution is 6.03. The number of benzene rings is 1. The molecule has 0 spiro atoms. The molecule has 2 heterocycles. The molecule has 1 N–H and O–H groups in total. The SMILES string of the molecule is Cn1nccc1NC(=O)c1ccc(Cc2ccccc2)nc1. The van der Waals surface area contributed by atoms with Gasteiger partial charge in [0.2, 0.25) is 0 Å². The molecular weight excluding hydrogens is 276 g/mol. The summed E-state index contributed by atoms with van der Waals surface area (Å²) in [6.07, 6.45) is 3.99. The zero-order valence-electron chi connectivity index (χ0n) is 12.2. The van der Waals surface area contributed by atoms with E-state index in [1.165, 1.54) is 5.56 Å². The van der Waals surface area contributed by atoms with Crippen LogP contribution in [0.3, 0.4) is 0 Å². The largest absolute Gasteiger partial charge is 0.307 e. The molecule has 0 bridgehead atoms. The van der Waals surface area contributed by atoms with Crippen molar-refractivity contribution in [1.29, 1.82) is 0 Å². The van der Waals surface area contributed by atoms with Gasteiger partial charge in [0.25, 0.3) is 5.91 Å². The summed E-state index contributed by atoms with van der Waals surface area (Å²) in [6, 6.07) is 15.5. The minimum atomic E-state index is -0.192. The predicted molar refractivity (Wildman–Crippen MR) is 84.6 cm³/mol. The number of carbonyl (C=O) groups is 1. The fraction of sp³-hybridized carbons (Fsp3) is 0.118. The van der Waals surface area contributed by atoms with E-state index in [-0.39, 0.29) is 5.91 Å². The Balaban J connectivity index is 1.68. The second-order valence-corrected chi connectivity index (χ2v) is 4.99. The molecule has 1 amide bonds. The van der Waals surface area contributed by atoms with E-state index in [4.69, 9.17) is 0 Å². The number of aryl methyl sites for hydroxylation is 1. The first-order valence-corrected chi connectivity index (χ1v) is 7.00. The summed E-state index contributed by atoms with van der Waals surface area (Å²) >= 11 is 0. The summed E-state index contributed by atoms with van der Waals surface area (Å²) in [5.41, 5.74) is 2.66. The van der Waals surface area contributed by atoms with Gasteiger partial charge in [-0.1, -0.05) is 30.3 Å². The first-order chi connectivity index (χ1) is 10.7. The number of nitrogens with zero attached hydrogens (tertiary/aromatic N) is 3. The molecule has 0 saturated carbocycles. The summed E-state index contributed by atoms with van der Waals surface area (Å²) in [5, 5.41) is 6.81. The van der Waals surface area contributed by atoms with Gasteiger partial charge in [-0.15, -0.1) is 0 Å². The molecule has 0 fully saturated rings. The van der Waals surface area contributed by atoms with Crippen molar-refractivity contribution in [2.24, 2.45) is 7.05 Å². The third-order valence-corrected chi connectivity index (χ3v) is 3.38. The van der Waals surface area contributed by atoms with Crippen molar-refractivity contribution in [3.63, 3.8) is 0 Å². The molecule has 22 heavy (non-hydrogen) atoms. The second-order valence-electron chi connectivity index (χ2n) is 4.99. The van der Waals surface area contributed by atoms with Crippen molar-refractivity contribution >= 4 is 11.7 Å². The second kappa shape index (κ2) is 6.22. The number of nitrogens with one attached hydrogen (secondary N) is 1. The van der Waals surface area contributed by atoms with Crippen LogP contribution in [0.1, 0.15) is 21.6 Å². The third-order valence-electron chi connectivity index (χ3n) is 3.38. The van der Waals surface area contributed by atoms with Crippen LogP contribution in [-0.4, -0.2) is 20.7 Å². The fourth-order valence-electron chi connectivity index (χ4n) is 2.15. The summed E-state index contributed by atoms with van der Waals surface area (Å²) in [6.45, 7) is 0. The van der Waals surface area contributed by atoms with Crippen LogP contribution in [-0.2, 0) is 13.5 Å². The van der Waals surface area contributed by atoms with E-state index >= 15 is 0 Å². The Morgan fingerprint density at radius 2 is 1.95 bits per heavy atom. The van der Waals surface area contributed by atoms with E-state index in [0.29, 0.717) is 11.4 Å². The minimum Gasteiger partial charge on any atom is -0.307 e. The zero-order chi connectivity index (χ0) is 15.4. The number of carbonyl (C=O) groups excluding carboxylic acids is 1. The first kappa shape index (κ1) is 14.0. The summed E-state index contributed by atoms with van der Waals surface area (Å²) in [5.74, 6) is 0.459. The number of anilines is 1. The van der Waals surface area contributed by atoms with Crippen LogP contribution in [0.25, 0.3) is 0 Å². The lowest BCUT2D eigenvalue weighted by Gasteiger charge is -2.06. The molecule has 0 atom stereocenters. The first-order valence-electron chi connectivity index (χ1n) is 7.00. The van der Waals surface area contributed by atoms with Crippen LogP contribution in [0, 0.1) is 0 Å². The van der Waals surface area contributed by atoms with E-state index in [2.05, 4.69) is 27.5 Å². The molecule has 0 aliphatic rings. The van der Waals surface area contributed by atoms with Crippen LogP contribution in [0.2, 0.25) is 0 Å². The zero-order valence-corrected chi connectivity index (χ0v) is 12.2. The van der Waals surface area contributed by atoms with Crippen LogP contribution < -0.4 is 5.32 Å². The van der Waals surface area contributed by atoms with E-state index < -0.39 is 0 Å². The minimum absolute atomic E-state index is 0.192. The Morgan fingerprint density at radius 3 is 2.59 bits per heavy atom. The number of aromatic nitrogens is 3. The van der Waals surface area contributed by atoms with Gasteiger partial charge in [-0.2, -0.15) is 5.10 Å². The normalized spacial score (nSPS) is 10.4. The molecule has 0 aliphatic carbocycles. The maximum Gasteiger partial charge on any atom is 0.258 e. The van der Waals surface area contributed by atoms with Crippen molar-refractivity contribution in [1.82, 2.24) is 14.8 Å². The molecule has 3 aromatic rings.